The Morgan fingerprint density at radius 2 is 1.82 bits per heavy atom. The molecule has 0 saturated carbocycles. The van der Waals surface area contributed by atoms with Gasteiger partial charge in [-0.05, 0) is 25.1 Å². The van der Waals surface area contributed by atoms with Gasteiger partial charge in [0, 0.05) is 22.2 Å². The Hall–Kier alpha value is -2.22. The molecule has 2 nitrogen and oxygen atoms in total. The van der Waals surface area contributed by atoms with Crippen molar-refractivity contribution in [1.82, 2.24) is 0 Å². The molecule has 0 aliphatic carbocycles. The van der Waals surface area contributed by atoms with E-state index in [2.05, 4.69) is 13.0 Å². The van der Waals surface area contributed by atoms with Crippen molar-refractivity contribution in [1.29, 1.82) is 0 Å². The van der Waals surface area contributed by atoms with Crippen LogP contribution in [0.3, 0.4) is 0 Å². The predicted octanol–water partition coefficient (Wildman–Crippen LogP) is 3.99. The lowest BCUT2D eigenvalue weighted by Crippen LogP contribution is -1.84. The van der Waals surface area contributed by atoms with Gasteiger partial charge in [0.2, 0.25) is 0 Å². The van der Waals surface area contributed by atoms with E-state index in [1.165, 1.54) is 0 Å². The van der Waals surface area contributed by atoms with Crippen LogP contribution >= 0.6 is 0 Å². The molecular weight excluding hydrogens is 210 g/mol. The zero-order valence-corrected chi connectivity index (χ0v) is 9.60. The molecule has 0 aliphatic heterocycles. The van der Waals surface area contributed by atoms with Gasteiger partial charge in [-0.2, -0.15) is 0 Å². The number of anilines is 1. The van der Waals surface area contributed by atoms with Crippen molar-refractivity contribution >= 4 is 16.7 Å². The van der Waals surface area contributed by atoms with Gasteiger partial charge in [-0.15, -0.1) is 0 Å². The van der Waals surface area contributed by atoms with Gasteiger partial charge in [0.1, 0.15) is 11.3 Å². The lowest BCUT2D eigenvalue weighted by Gasteiger charge is -1.99. The molecule has 3 rings (SSSR count). The molecule has 0 aliphatic rings. The van der Waals surface area contributed by atoms with Crippen molar-refractivity contribution < 1.29 is 4.42 Å². The monoisotopic (exact) mass is 223 g/mol. The largest absolute Gasteiger partial charge is 0.456 e. The summed E-state index contributed by atoms with van der Waals surface area (Å²) in [7, 11) is 0. The standard InChI is InChI=1S/C15H13NO/c1-10-13-7-2-3-8-14(13)17-15(10)11-5-4-6-12(16)9-11/h2-9H,16H2,1H3. The van der Waals surface area contributed by atoms with Crippen molar-refractivity contribution in [2.24, 2.45) is 0 Å². The molecule has 0 bridgehead atoms. The number of hydrogen-bond donors (Lipinski definition) is 1. The molecule has 1 heterocycles. The number of nitrogens with two attached hydrogens (primary N) is 1. The van der Waals surface area contributed by atoms with E-state index in [0.717, 1.165) is 33.5 Å². The van der Waals surface area contributed by atoms with Crippen molar-refractivity contribution in [3.63, 3.8) is 0 Å². The number of hydrogen-bond acceptors (Lipinski definition) is 2. The van der Waals surface area contributed by atoms with Gasteiger partial charge in [0.05, 0.1) is 0 Å². The molecule has 2 aromatic carbocycles. The number of para-hydroxylation sites is 1. The minimum Gasteiger partial charge on any atom is -0.456 e. The number of aryl methyl sites for hydroxylation is 1. The second kappa shape index (κ2) is 3.67. The average Bonchev–Trinajstić information content (AvgIpc) is 2.68. The minimum absolute atomic E-state index is 0.752. The lowest BCUT2D eigenvalue weighted by molar-refractivity contribution is 0.629. The van der Waals surface area contributed by atoms with Crippen molar-refractivity contribution in [2.45, 2.75) is 6.92 Å². The summed E-state index contributed by atoms with van der Waals surface area (Å²) in [6, 6.07) is 15.8. The third-order valence-corrected chi connectivity index (χ3v) is 2.99. The van der Waals surface area contributed by atoms with Crippen molar-refractivity contribution in [3.8, 4) is 11.3 Å². The van der Waals surface area contributed by atoms with Crippen LogP contribution in [0, 0.1) is 6.92 Å². The molecule has 2 N–H and O–H groups in total. The molecule has 1 aromatic heterocycles. The number of furan rings is 1. The van der Waals surface area contributed by atoms with E-state index in [0.29, 0.717) is 0 Å². The zero-order chi connectivity index (χ0) is 11.8. The smallest absolute Gasteiger partial charge is 0.138 e. The molecule has 0 spiro atoms. The average molecular weight is 223 g/mol. The molecule has 0 fully saturated rings. The Morgan fingerprint density at radius 1 is 1.00 bits per heavy atom. The molecule has 0 amide bonds. The van der Waals surface area contributed by atoms with Crippen molar-refractivity contribution in [3.05, 3.63) is 54.1 Å². The van der Waals surface area contributed by atoms with Crippen LogP contribution in [-0.2, 0) is 0 Å². The van der Waals surface area contributed by atoms with Gasteiger partial charge in [0.25, 0.3) is 0 Å². The Labute approximate surface area is 99.7 Å². The van der Waals surface area contributed by atoms with Gasteiger partial charge in [0.15, 0.2) is 0 Å². The van der Waals surface area contributed by atoms with E-state index >= 15 is 0 Å². The number of nitrogen functional groups attached to an aromatic ring is 1. The van der Waals surface area contributed by atoms with Crippen LogP contribution in [0.5, 0.6) is 0 Å². The maximum absolute atomic E-state index is 5.88. The van der Waals surface area contributed by atoms with Crippen LogP contribution in [0.4, 0.5) is 5.69 Å². The number of fused-ring (bicyclic) bond motifs is 1. The van der Waals surface area contributed by atoms with Crippen LogP contribution < -0.4 is 5.73 Å². The normalized spacial score (nSPS) is 10.9. The van der Waals surface area contributed by atoms with Gasteiger partial charge in [-0.3, -0.25) is 0 Å². The van der Waals surface area contributed by atoms with Crippen LogP contribution in [0.1, 0.15) is 5.56 Å². The van der Waals surface area contributed by atoms with Gasteiger partial charge in [-0.25, -0.2) is 0 Å². The van der Waals surface area contributed by atoms with Crippen LogP contribution in [0.15, 0.2) is 52.9 Å². The molecule has 2 heteroatoms. The first-order valence-electron chi connectivity index (χ1n) is 5.60. The van der Waals surface area contributed by atoms with E-state index in [-0.39, 0.29) is 0 Å². The van der Waals surface area contributed by atoms with Crippen LogP contribution in [0.25, 0.3) is 22.3 Å². The van der Waals surface area contributed by atoms with E-state index in [1.807, 2.05) is 42.5 Å². The lowest BCUT2D eigenvalue weighted by atomic mass is 10.1. The van der Waals surface area contributed by atoms with Crippen LogP contribution in [0.2, 0.25) is 0 Å². The van der Waals surface area contributed by atoms with E-state index in [4.69, 9.17) is 10.2 Å². The molecule has 84 valence electrons. The highest BCUT2D eigenvalue weighted by Gasteiger charge is 2.11. The summed E-state index contributed by atoms with van der Waals surface area (Å²) < 4.78 is 5.88. The van der Waals surface area contributed by atoms with Crippen LogP contribution in [-0.4, -0.2) is 0 Å². The van der Waals surface area contributed by atoms with E-state index in [1.54, 1.807) is 0 Å². The fourth-order valence-corrected chi connectivity index (χ4v) is 2.13. The first-order chi connectivity index (χ1) is 8.25. The Kier molecular flexibility index (Phi) is 2.15. The summed E-state index contributed by atoms with van der Waals surface area (Å²) in [4.78, 5) is 0. The quantitative estimate of drug-likeness (QED) is 0.633. The number of benzene rings is 2. The fraction of sp³-hybridized carbons (Fsp3) is 0.0667. The fourth-order valence-electron chi connectivity index (χ4n) is 2.13. The summed E-state index contributed by atoms with van der Waals surface area (Å²) in [6.07, 6.45) is 0. The molecule has 0 radical (unpaired) electrons. The summed E-state index contributed by atoms with van der Waals surface area (Å²) >= 11 is 0. The Bertz CT molecular complexity index is 682. The molecular formula is C15H13NO. The second-order valence-corrected chi connectivity index (χ2v) is 4.18. The predicted molar refractivity (Wildman–Crippen MR) is 70.8 cm³/mol. The van der Waals surface area contributed by atoms with Gasteiger partial charge in [-0.1, -0.05) is 30.3 Å². The molecule has 17 heavy (non-hydrogen) atoms. The van der Waals surface area contributed by atoms with E-state index < -0.39 is 0 Å². The summed E-state index contributed by atoms with van der Waals surface area (Å²) in [6.45, 7) is 2.07. The summed E-state index contributed by atoms with van der Waals surface area (Å²) in [5.74, 6) is 0.901. The highest BCUT2D eigenvalue weighted by atomic mass is 16.3. The highest BCUT2D eigenvalue weighted by molar-refractivity contribution is 5.87. The van der Waals surface area contributed by atoms with Crippen molar-refractivity contribution in [2.75, 3.05) is 5.73 Å². The Morgan fingerprint density at radius 3 is 2.59 bits per heavy atom. The first-order valence-corrected chi connectivity index (χ1v) is 5.60. The van der Waals surface area contributed by atoms with Gasteiger partial charge >= 0.3 is 0 Å². The molecule has 0 unspecified atom stereocenters. The molecule has 0 saturated heterocycles. The third-order valence-electron chi connectivity index (χ3n) is 2.99. The second-order valence-electron chi connectivity index (χ2n) is 4.18. The first kappa shape index (κ1) is 9.97. The zero-order valence-electron chi connectivity index (χ0n) is 9.60. The SMILES string of the molecule is Cc1c(-c2cccc(N)c2)oc2ccccc12. The maximum Gasteiger partial charge on any atom is 0.138 e. The highest BCUT2D eigenvalue weighted by Crippen LogP contribution is 2.33. The summed E-state index contributed by atoms with van der Waals surface area (Å²) in [5.41, 5.74) is 9.65. The molecule has 3 aromatic rings. The summed E-state index contributed by atoms with van der Waals surface area (Å²) in [5, 5.41) is 1.16. The minimum atomic E-state index is 0.752. The maximum atomic E-state index is 5.88. The topological polar surface area (TPSA) is 39.2 Å². The Balaban J connectivity index is 2.27. The van der Waals surface area contributed by atoms with Gasteiger partial charge < -0.3 is 10.2 Å². The number of rotatable bonds is 1. The van der Waals surface area contributed by atoms with E-state index in [9.17, 15) is 0 Å². The third kappa shape index (κ3) is 1.58. The molecule has 0 atom stereocenters.